The van der Waals surface area contributed by atoms with Crippen LogP contribution in [0.4, 0.5) is 9.52 Å². The van der Waals surface area contributed by atoms with Crippen molar-refractivity contribution in [1.82, 2.24) is 9.88 Å². The lowest BCUT2D eigenvalue weighted by Gasteiger charge is -2.31. The Morgan fingerprint density at radius 1 is 1.22 bits per heavy atom. The second kappa shape index (κ2) is 7.41. The molecule has 1 aromatic carbocycles. The van der Waals surface area contributed by atoms with Crippen molar-refractivity contribution >= 4 is 16.5 Å². The first-order valence-corrected chi connectivity index (χ1v) is 9.00. The van der Waals surface area contributed by atoms with Crippen LogP contribution in [0, 0.1) is 11.7 Å². The minimum Gasteiger partial charge on any atom is -0.354 e. The molecule has 0 atom stereocenters. The average Bonchev–Trinajstić information content (AvgIpc) is 3.00. The Balaban J connectivity index is 1.47. The molecule has 0 bridgehead atoms. The molecule has 0 radical (unpaired) electrons. The normalized spacial score (nSPS) is 16.7. The van der Waals surface area contributed by atoms with Gasteiger partial charge in [-0.2, -0.15) is 0 Å². The molecule has 3 nitrogen and oxygen atoms in total. The highest BCUT2D eigenvalue weighted by Gasteiger charge is 2.20. The maximum atomic E-state index is 13.0. The van der Waals surface area contributed by atoms with Gasteiger partial charge in [-0.25, -0.2) is 9.37 Å². The van der Waals surface area contributed by atoms with Crippen molar-refractivity contribution in [2.45, 2.75) is 25.8 Å². The number of rotatable bonds is 5. The van der Waals surface area contributed by atoms with E-state index in [1.54, 1.807) is 23.5 Å². The summed E-state index contributed by atoms with van der Waals surface area (Å²) in [5, 5.41) is 1.08. The first kappa shape index (κ1) is 16.4. The second-order valence-electron chi connectivity index (χ2n) is 6.55. The minimum absolute atomic E-state index is 0.148. The van der Waals surface area contributed by atoms with E-state index in [2.05, 4.69) is 14.8 Å². The van der Waals surface area contributed by atoms with Gasteiger partial charge in [0.15, 0.2) is 5.13 Å². The zero-order valence-electron chi connectivity index (χ0n) is 13.8. The SMILES string of the molecule is CN(C)c1ncc(CN2CCC(Cc3ccc(F)cc3)CC2)s1. The number of piperidine rings is 1. The van der Waals surface area contributed by atoms with E-state index in [1.165, 1.54) is 23.3 Å². The zero-order chi connectivity index (χ0) is 16.2. The van der Waals surface area contributed by atoms with Crippen LogP contribution in [-0.2, 0) is 13.0 Å². The Morgan fingerprint density at radius 2 is 1.91 bits per heavy atom. The molecule has 0 N–H and O–H groups in total. The fourth-order valence-corrected chi connectivity index (χ4v) is 3.97. The first-order chi connectivity index (χ1) is 11.1. The summed E-state index contributed by atoms with van der Waals surface area (Å²) in [4.78, 5) is 10.4. The van der Waals surface area contributed by atoms with E-state index in [-0.39, 0.29) is 5.82 Å². The summed E-state index contributed by atoms with van der Waals surface area (Å²) in [6.07, 6.45) is 5.51. The maximum Gasteiger partial charge on any atom is 0.185 e. The Hall–Kier alpha value is -1.46. The third-order valence-electron chi connectivity index (χ3n) is 4.45. The summed E-state index contributed by atoms with van der Waals surface area (Å²) in [5.41, 5.74) is 1.25. The molecule has 3 rings (SSSR count). The molecule has 2 heterocycles. The van der Waals surface area contributed by atoms with Gasteiger partial charge in [-0.1, -0.05) is 12.1 Å². The van der Waals surface area contributed by atoms with Crippen LogP contribution in [-0.4, -0.2) is 37.1 Å². The maximum absolute atomic E-state index is 13.0. The molecular weight excluding hydrogens is 309 g/mol. The molecule has 23 heavy (non-hydrogen) atoms. The number of thiazole rings is 1. The van der Waals surface area contributed by atoms with Crippen LogP contribution in [0.2, 0.25) is 0 Å². The number of hydrogen-bond acceptors (Lipinski definition) is 4. The Morgan fingerprint density at radius 3 is 2.52 bits per heavy atom. The highest BCUT2D eigenvalue weighted by atomic mass is 32.1. The molecule has 1 saturated heterocycles. The lowest BCUT2D eigenvalue weighted by molar-refractivity contribution is 0.178. The van der Waals surface area contributed by atoms with Crippen molar-refractivity contribution in [2.24, 2.45) is 5.92 Å². The lowest BCUT2D eigenvalue weighted by atomic mass is 9.90. The number of likely N-dealkylation sites (tertiary alicyclic amines) is 1. The predicted octanol–water partition coefficient (Wildman–Crippen LogP) is 3.80. The van der Waals surface area contributed by atoms with E-state index in [0.717, 1.165) is 37.1 Å². The van der Waals surface area contributed by atoms with Crippen molar-refractivity contribution in [3.63, 3.8) is 0 Å². The average molecular weight is 333 g/mol. The third kappa shape index (κ3) is 4.52. The van der Waals surface area contributed by atoms with E-state index < -0.39 is 0 Å². The number of anilines is 1. The van der Waals surface area contributed by atoms with Crippen molar-refractivity contribution in [3.05, 3.63) is 46.7 Å². The molecule has 1 aliphatic heterocycles. The van der Waals surface area contributed by atoms with Gasteiger partial charge in [0.25, 0.3) is 0 Å². The number of hydrogen-bond donors (Lipinski definition) is 0. The summed E-state index contributed by atoms with van der Waals surface area (Å²) in [5.74, 6) is 0.570. The summed E-state index contributed by atoms with van der Waals surface area (Å²) in [6.45, 7) is 3.29. The largest absolute Gasteiger partial charge is 0.354 e. The molecule has 1 aliphatic rings. The van der Waals surface area contributed by atoms with Crippen LogP contribution >= 0.6 is 11.3 Å². The van der Waals surface area contributed by atoms with Gasteiger partial charge in [0.05, 0.1) is 0 Å². The molecule has 0 aliphatic carbocycles. The topological polar surface area (TPSA) is 19.4 Å². The quantitative estimate of drug-likeness (QED) is 0.829. The summed E-state index contributed by atoms with van der Waals surface area (Å²) in [7, 11) is 4.06. The van der Waals surface area contributed by atoms with E-state index in [4.69, 9.17) is 0 Å². The monoisotopic (exact) mass is 333 g/mol. The smallest absolute Gasteiger partial charge is 0.185 e. The van der Waals surface area contributed by atoms with Gasteiger partial charge in [0.2, 0.25) is 0 Å². The summed E-state index contributed by atoms with van der Waals surface area (Å²) < 4.78 is 13.0. The number of benzene rings is 1. The molecule has 0 amide bonds. The summed E-state index contributed by atoms with van der Waals surface area (Å²) >= 11 is 1.78. The highest BCUT2D eigenvalue weighted by molar-refractivity contribution is 7.15. The highest BCUT2D eigenvalue weighted by Crippen LogP contribution is 2.26. The van der Waals surface area contributed by atoms with Gasteiger partial charge in [-0.3, -0.25) is 4.90 Å². The molecule has 2 aromatic rings. The molecule has 1 aromatic heterocycles. The Kier molecular flexibility index (Phi) is 5.28. The first-order valence-electron chi connectivity index (χ1n) is 8.19. The summed E-state index contributed by atoms with van der Waals surface area (Å²) in [6, 6.07) is 6.97. The van der Waals surface area contributed by atoms with Gasteiger partial charge in [-0.05, 0) is 56.0 Å². The fraction of sp³-hybridized carbons (Fsp3) is 0.500. The molecular formula is C18H24FN3S. The third-order valence-corrected chi connectivity index (χ3v) is 5.60. The predicted molar refractivity (Wildman–Crippen MR) is 94.5 cm³/mol. The van der Waals surface area contributed by atoms with Crippen molar-refractivity contribution < 1.29 is 4.39 Å². The fourth-order valence-electron chi connectivity index (χ4n) is 3.10. The Bertz CT molecular complexity index is 615. The Labute approximate surface area is 141 Å². The lowest BCUT2D eigenvalue weighted by Crippen LogP contribution is -2.33. The van der Waals surface area contributed by atoms with Crippen LogP contribution in [0.25, 0.3) is 0 Å². The standard InChI is InChI=1S/C18H24FN3S/c1-21(2)18-20-12-17(23-18)13-22-9-7-15(8-10-22)11-14-3-5-16(19)6-4-14/h3-6,12,15H,7-11,13H2,1-2H3. The van der Waals surface area contributed by atoms with Crippen LogP contribution in [0.15, 0.2) is 30.5 Å². The number of nitrogens with zero attached hydrogens (tertiary/aromatic N) is 3. The second-order valence-corrected chi connectivity index (χ2v) is 7.65. The van der Waals surface area contributed by atoms with Crippen molar-refractivity contribution in [3.8, 4) is 0 Å². The van der Waals surface area contributed by atoms with Gasteiger partial charge in [0.1, 0.15) is 5.82 Å². The van der Waals surface area contributed by atoms with Crippen molar-refractivity contribution in [1.29, 1.82) is 0 Å². The molecule has 0 saturated carbocycles. The van der Waals surface area contributed by atoms with Gasteiger partial charge < -0.3 is 4.90 Å². The van der Waals surface area contributed by atoms with Crippen LogP contribution in [0.3, 0.4) is 0 Å². The number of aromatic nitrogens is 1. The van der Waals surface area contributed by atoms with E-state index in [1.807, 2.05) is 32.4 Å². The van der Waals surface area contributed by atoms with E-state index in [9.17, 15) is 4.39 Å². The minimum atomic E-state index is -0.148. The van der Waals surface area contributed by atoms with E-state index in [0.29, 0.717) is 0 Å². The van der Waals surface area contributed by atoms with Crippen LogP contribution in [0.5, 0.6) is 0 Å². The molecule has 1 fully saturated rings. The number of halogens is 1. The van der Waals surface area contributed by atoms with Gasteiger partial charge in [0, 0.05) is 31.7 Å². The van der Waals surface area contributed by atoms with Gasteiger partial charge in [-0.15, -0.1) is 11.3 Å². The van der Waals surface area contributed by atoms with E-state index >= 15 is 0 Å². The van der Waals surface area contributed by atoms with Crippen LogP contribution in [0.1, 0.15) is 23.3 Å². The zero-order valence-corrected chi connectivity index (χ0v) is 14.7. The van der Waals surface area contributed by atoms with Crippen LogP contribution < -0.4 is 4.90 Å². The molecule has 0 unspecified atom stereocenters. The molecule has 0 spiro atoms. The van der Waals surface area contributed by atoms with Gasteiger partial charge >= 0.3 is 0 Å². The van der Waals surface area contributed by atoms with Crippen molar-refractivity contribution in [2.75, 3.05) is 32.1 Å². The molecule has 5 heteroatoms. The molecule has 124 valence electrons.